The van der Waals surface area contributed by atoms with Crippen molar-refractivity contribution in [2.45, 2.75) is 12.5 Å². The molecule has 5 heteroatoms. The number of carbonyl (C=O) groups excluding carboxylic acids is 2. The fourth-order valence-electron chi connectivity index (χ4n) is 3.14. The van der Waals surface area contributed by atoms with Gasteiger partial charge < -0.3 is 15.8 Å². The molecule has 0 bridgehead atoms. The van der Waals surface area contributed by atoms with Gasteiger partial charge in [0.15, 0.2) is 6.61 Å². The molecule has 2 amide bonds. The van der Waals surface area contributed by atoms with Gasteiger partial charge in [0.05, 0.1) is 5.54 Å². The molecule has 0 aliphatic heterocycles. The highest BCUT2D eigenvalue weighted by Crippen LogP contribution is 2.29. The minimum atomic E-state index is -0.670. The molecule has 0 atom stereocenters. The quantitative estimate of drug-likeness (QED) is 0.567. The van der Waals surface area contributed by atoms with E-state index in [1.165, 1.54) is 6.08 Å². The summed E-state index contributed by atoms with van der Waals surface area (Å²) in [4.78, 5) is 23.5. The number of nitrogens with one attached hydrogen (secondary N) is 1. The van der Waals surface area contributed by atoms with Gasteiger partial charge in [-0.05, 0) is 41.8 Å². The molecule has 3 rings (SSSR count). The van der Waals surface area contributed by atoms with E-state index in [2.05, 4.69) is 5.32 Å². The van der Waals surface area contributed by atoms with Gasteiger partial charge >= 0.3 is 0 Å². The molecule has 0 aliphatic carbocycles. The molecule has 5 nitrogen and oxygen atoms in total. The highest BCUT2D eigenvalue weighted by molar-refractivity contribution is 5.92. The molecule has 0 aromatic heterocycles. The van der Waals surface area contributed by atoms with Crippen molar-refractivity contribution in [1.29, 1.82) is 0 Å². The Kier molecular flexibility index (Phi) is 6.65. The van der Waals surface area contributed by atoms with Crippen LogP contribution in [-0.2, 0) is 15.1 Å². The van der Waals surface area contributed by atoms with Gasteiger partial charge in [-0.15, -0.1) is 0 Å². The van der Waals surface area contributed by atoms with Crippen molar-refractivity contribution in [3.63, 3.8) is 0 Å². The molecule has 0 fully saturated rings. The number of hydrogen-bond acceptors (Lipinski definition) is 3. The number of nitrogens with two attached hydrogens (primary N) is 1. The topological polar surface area (TPSA) is 81.4 Å². The largest absolute Gasteiger partial charge is 0.484 e. The number of benzene rings is 3. The third-order valence-electron chi connectivity index (χ3n) is 4.76. The third kappa shape index (κ3) is 5.35. The second-order valence-electron chi connectivity index (χ2n) is 7.00. The zero-order valence-corrected chi connectivity index (χ0v) is 16.7. The Morgan fingerprint density at radius 2 is 1.43 bits per heavy atom. The summed E-state index contributed by atoms with van der Waals surface area (Å²) in [7, 11) is 0. The molecule has 152 valence electrons. The first-order chi connectivity index (χ1) is 14.5. The van der Waals surface area contributed by atoms with Crippen LogP contribution in [0.4, 0.5) is 0 Å². The number of hydrogen-bond donors (Lipinski definition) is 2. The average molecular weight is 400 g/mol. The molecular weight excluding hydrogens is 376 g/mol. The van der Waals surface area contributed by atoms with Crippen LogP contribution >= 0.6 is 0 Å². The van der Waals surface area contributed by atoms with Crippen LogP contribution in [0.5, 0.6) is 5.75 Å². The van der Waals surface area contributed by atoms with E-state index in [9.17, 15) is 9.59 Å². The zero-order valence-electron chi connectivity index (χ0n) is 16.7. The second-order valence-corrected chi connectivity index (χ2v) is 7.00. The van der Waals surface area contributed by atoms with Gasteiger partial charge in [-0.25, -0.2) is 0 Å². The van der Waals surface area contributed by atoms with Gasteiger partial charge in [0.1, 0.15) is 5.75 Å². The molecule has 3 aromatic rings. The SMILES string of the molecule is CC(NC(=O)/C=C/c1ccc(OCC(N)=O)cc1)(c1ccccc1)c1ccccc1. The lowest BCUT2D eigenvalue weighted by Gasteiger charge is -2.31. The molecule has 3 aromatic carbocycles. The summed E-state index contributed by atoms with van der Waals surface area (Å²) in [5.74, 6) is -0.203. The molecule has 0 heterocycles. The molecule has 0 saturated carbocycles. The molecular formula is C25H24N2O3. The summed E-state index contributed by atoms with van der Waals surface area (Å²) in [6.07, 6.45) is 3.23. The Bertz CT molecular complexity index is 974. The molecule has 0 unspecified atom stereocenters. The molecule has 0 saturated heterocycles. The highest BCUT2D eigenvalue weighted by atomic mass is 16.5. The summed E-state index contributed by atoms with van der Waals surface area (Å²) in [5.41, 5.74) is 7.22. The number of ether oxygens (including phenoxy) is 1. The van der Waals surface area contributed by atoms with Crippen molar-refractivity contribution in [3.05, 3.63) is 108 Å². The van der Waals surface area contributed by atoms with Crippen LogP contribution in [0.15, 0.2) is 91.0 Å². The monoisotopic (exact) mass is 400 g/mol. The lowest BCUT2D eigenvalue weighted by molar-refractivity contribution is -0.120. The third-order valence-corrected chi connectivity index (χ3v) is 4.76. The maximum atomic E-state index is 12.7. The minimum Gasteiger partial charge on any atom is -0.484 e. The van der Waals surface area contributed by atoms with Crippen molar-refractivity contribution in [2.75, 3.05) is 6.61 Å². The van der Waals surface area contributed by atoms with E-state index in [1.807, 2.05) is 67.6 Å². The first-order valence-electron chi connectivity index (χ1n) is 9.60. The van der Waals surface area contributed by atoms with Crippen molar-refractivity contribution >= 4 is 17.9 Å². The Labute approximate surface area is 176 Å². The molecule has 0 spiro atoms. The van der Waals surface area contributed by atoms with Crippen molar-refractivity contribution in [3.8, 4) is 5.75 Å². The van der Waals surface area contributed by atoms with Crippen LogP contribution in [0.3, 0.4) is 0 Å². The Balaban J connectivity index is 1.74. The fraction of sp³-hybridized carbons (Fsp3) is 0.120. The van der Waals surface area contributed by atoms with Crippen LogP contribution in [0, 0.1) is 0 Å². The number of rotatable bonds is 8. The summed E-state index contributed by atoms with van der Waals surface area (Å²) in [5, 5.41) is 3.14. The number of amides is 2. The van der Waals surface area contributed by atoms with E-state index >= 15 is 0 Å². The highest BCUT2D eigenvalue weighted by Gasteiger charge is 2.29. The normalized spacial score (nSPS) is 11.2. The molecule has 0 radical (unpaired) electrons. The maximum Gasteiger partial charge on any atom is 0.255 e. The average Bonchev–Trinajstić information content (AvgIpc) is 2.78. The summed E-state index contributed by atoms with van der Waals surface area (Å²) in [6.45, 7) is 1.82. The Hall–Kier alpha value is -3.86. The predicted octanol–water partition coefficient (Wildman–Crippen LogP) is 3.64. The first-order valence-corrected chi connectivity index (χ1v) is 9.60. The van der Waals surface area contributed by atoms with E-state index in [0.29, 0.717) is 5.75 Å². The van der Waals surface area contributed by atoms with Gasteiger partial charge in [0.25, 0.3) is 5.91 Å². The number of primary amides is 1. The minimum absolute atomic E-state index is 0.171. The maximum absolute atomic E-state index is 12.7. The molecule has 0 aliphatic rings. The standard InChI is InChI=1S/C25H24N2O3/c1-25(20-8-4-2-5-9-20,21-10-6-3-7-11-21)27-24(29)17-14-19-12-15-22(16-13-19)30-18-23(26)28/h2-17H,18H2,1H3,(H2,26,28)(H,27,29)/b17-14+. The Morgan fingerprint density at radius 3 is 1.93 bits per heavy atom. The van der Waals surface area contributed by atoms with E-state index in [1.54, 1.807) is 30.3 Å². The predicted molar refractivity (Wildman–Crippen MR) is 118 cm³/mol. The van der Waals surface area contributed by atoms with Crippen LogP contribution in [0.25, 0.3) is 6.08 Å². The second kappa shape index (κ2) is 9.56. The molecule has 30 heavy (non-hydrogen) atoms. The van der Waals surface area contributed by atoms with Gasteiger partial charge in [0.2, 0.25) is 5.91 Å². The molecule has 3 N–H and O–H groups in total. The van der Waals surface area contributed by atoms with Crippen molar-refractivity contribution < 1.29 is 14.3 Å². The van der Waals surface area contributed by atoms with E-state index in [0.717, 1.165) is 16.7 Å². The van der Waals surface area contributed by atoms with Crippen LogP contribution < -0.4 is 15.8 Å². The van der Waals surface area contributed by atoms with Gasteiger partial charge in [-0.3, -0.25) is 9.59 Å². The summed E-state index contributed by atoms with van der Waals surface area (Å²) < 4.78 is 5.23. The lowest BCUT2D eigenvalue weighted by Crippen LogP contribution is -2.43. The number of carbonyl (C=O) groups is 2. The fourth-order valence-corrected chi connectivity index (χ4v) is 3.14. The lowest BCUT2D eigenvalue weighted by atomic mass is 9.84. The van der Waals surface area contributed by atoms with Crippen LogP contribution in [0.1, 0.15) is 23.6 Å². The first kappa shape index (κ1) is 20.9. The van der Waals surface area contributed by atoms with E-state index in [4.69, 9.17) is 10.5 Å². The van der Waals surface area contributed by atoms with Crippen LogP contribution in [0.2, 0.25) is 0 Å². The van der Waals surface area contributed by atoms with Crippen molar-refractivity contribution in [2.24, 2.45) is 5.73 Å². The summed E-state index contributed by atoms with van der Waals surface area (Å²) >= 11 is 0. The van der Waals surface area contributed by atoms with Gasteiger partial charge in [0, 0.05) is 6.08 Å². The zero-order chi connectivity index (χ0) is 21.4. The van der Waals surface area contributed by atoms with Crippen LogP contribution in [-0.4, -0.2) is 18.4 Å². The smallest absolute Gasteiger partial charge is 0.255 e. The summed E-state index contributed by atoms with van der Waals surface area (Å²) in [6, 6.07) is 26.8. The van der Waals surface area contributed by atoms with Crippen molar-refractivity contribution in [1.82, 2.24) is 5.32 Å². The van der Waals surface area contributed by atoms with Gasteiger partial charge in [-0.2, -0.15) is 0 Å². The Morgan fingerprint density at radius 1 is 0.900 bits per heavy atom. The van der Waals surface area contributed by atoms with E-state index in [-0.39, 0.29) is 12.5 Å². The van der Waals surface area contributed by atoms with Gasteiger partial charge in [-0.1, -0.05) is 72.8 Å². The van der Waals surface area contributed by atoms with E-state index < -0.39 is 11.4 Å².